The summed E-state index contributed by atoms with van der Waals surface area (Å²) in [6.45, 7) is 5.44. The van der Waals surface area contributed by atoms with Crippen LogP contribution in [-0.4, -0.2) is 10.2 Å². The fourth-order valence-corrected chi connectivity index (χ4v) is 5.29. The fourth-order valence-electron chi connectivity index (χ4n) is 5.29. The van der Waals surface area contributed by atoms with Gasteiger partial charge >= 0.3 is 6.18 Å². The molecule has 0 amide bonds. The molecule has 1 aromatic carbocycles. The molecule has 2 aliphatic rings. The van der Waals surface area contributed by atoms with E-state index in [-0.39, 0.29) is 34.7 Å². The number of rotatable bonds is 2. The zero-order valence-corrected chi connectivity index (χ0v) is 19.4. The predicted molar refractivity (Wildman–Crippen MR) is 121 cm³/mol. The van der Waals surface area contributed by atoms with Gasteiger partial charge in [-0.05, 0) is 49.4 Å². The van der Waals surface area contributed by atoms with Gasteiger partial charge in [0.1, 0.15) is 11.6 Å². The Hall–Kier alpha value is -3.39. The molecule has 0 spiro atoms. The minimum absolute atomic E-state index is 0.0602. The standard InChI is InChI=1S/C26H27F3N4O/c1-15(2)25(21(14-30)23(31)34-24-22(25)16(3)32-33-24)19-11-18(12-20(13-19)26(27,28)29)10-9-17-7-5-4-6-8-17/h11-13,15,17H,4-8,31H2,1-3H3,(H,32,33). The Bertz CT molecular complexity index is 1230. The lowest BCUT2D eigenvalue weighted by atomic mass is 9.61. The number of aromatic nitrogens is 2. The largest absolute Gasteiger partial charge is 0.420 e. The fraction of sp³-hybridized carbons (Fsp3) is 0.462. The van der Waals surface area contributed by atoms with Crippen LogP contribution in [-0.2, 0) is 11.6 Å². The van der Waals surface area contributed by atoms with E-state index in [1.165, 1.54) is 6.42 Å². The first-order valence-electron chi connectivity index (χ1n) is 11.5. The maximum absolute atomic E-state index is 14.0. The molecule has 0 saturated heterocycles. The normalized spacial score (nSPS) is 20.9. The van der Waals surface area contributed by atoms with Gasteiger partial charge in [-0.2, -0.15) is 18.4 Å². The van der Waals surface area contributed by atoms with Crippen molar-refractivity contribution >= 4 is 0 Å². The summed E-state index contributed by atoms with van der Waals surface area (Å²) >= 11 is 0. The lowest BCUT2D eigenvalue weighted by molar-refractivity contribution is -0.137. The van der Waals surface area contributed by atoms with Crippen LogP contribution >= 0.6 is 0 Å². The lowest BCUT2D eigenvalue weighted by Crippen LogP contribution is -2.41. The number of fused-ring (bicyclic) bond motifs is 1. The number of alkyl halides is 3. The summed E-state index contributed by atoms with van der Waals surface area (Å²) in [5, 5.41) is 17.1. The first kappa shape index (κ1) is 23.8. The molecule has 1 aliphatic heterocycles. The minimum Gasteiger partial charge on any atom is -0.420 e. The topological polar surface area (TPSA) is 87.7 Å². The molecule has 178 valence electrons. The lowest BCUT2D eigenvalue weighted by Gasteiger charge is -2.41. The van der Waals surface area contributed by atoms with Crippen molar-refractivity contribution < 1.29 is 17.9 Å². The van der Waals surface area contributed by atoms with E-state index in [0.29, 0.717) is 16.8 Å². The smallest absolute Gasteiger partial charge is 0.416 e. The van der Waals surface area contributed by atoms with Gasteiger partial charge in [0, 0.05) is 17.2 Å². The van der Waals surface area contributed by atoms with Gasteiger partial charge in [0.25, 0.3) is 0 Å². The Labute approximate surface area is 197 Å². The zero-order valence-electron chi connectivity index (χ0n) is 19.4. The number of hydrogen-bond donors (Lipinski definition) is 2. The Morgan fingerprint density at radius 2 is 1.91 bits per heavy atom. The molecule has 0 bridgehead atoms. The number of benzene rings is 1. The van der Waals surface area contributed by atoms with E-state index >= 15 is 0 Å². The van der Waals surface area contributed by atoms with Crippen LogP contribution in [0.5, 0.6) is 5.88 Å². The second-order valence-electron chi connectivity index (χ2n) is 9.35. The van der Waals surface area contributed by atoms with Crippen LogP contribution in [0.2, 0.25) is 0 Å². The molecule has 4 rings (SSSR count). The average Bonchev–Trinajstić information content (AvgIpc) is 3.16. The third-order valence-electron chi connectivity index (χ3n) is 6.88. The molecule has 1 atom stereocenters. The van der Waals surface area contributed by atoms with Gasteiger partial charge in [-0.1, -0.05) is 45.0 Å². The Morgan fingerprint density at radius 1 is 1.21 bits per heavy atom. The van der Waals surface area contributed by atoms with Crippen molar-refractivity contribution in [2.24, 2.45) is 17.6 Å². The third kappa shape index (κ3) is 3.92. The molecule has 1 fully saturated rings. The van der Waals surface area contributed by atoms with Gasteiger partial charge in [-0.15, -0.1) is 5.10 Å². The third-order valence-corrected chi connectivity index (χ3v) is 6.88. The molecule has 8 heteroatoms. The van der Waals surface area contributed by atoms with Gasteiger partial charge in [0.2, 0.25) is 11.8 Å². The van der Waals surface area contributed by atoms with Crippen LogP contribution in [0.25, 0.3) is 0 Å². The maximum Gasteiger partial charge on any atom is 0.416 e. The number of nitrogens with one attached hydrogen (secondary N) is 1. The molecule has 1 unspecified atom stereocenters. The molecular formula is C26H27F3N4O. The molecule has 34 heavy (non-hydrogen) atoms. The number of aryl methyl sites for hydroxylation is 1. The van der Waals surface area contributed by atoms with Crippen LogP contribution < -0.4 is 10.5 Å². The molecular weight excluding hydrogens is 441 g/mol. The highest BCUT2D eigenvalue weighted by atomic mass is 19.4. The van der Waals surface area contributed by atoms with Crippen molar-refractivity contribution in [1.82, 2.24) is 10.2 Å². The Kier molecular flexibility index (Phi) is 6.12. The highest BCUT2D eigenvalue weighted by Crippen LogP contribution is 2.53. The number of hydrogen-bond acceptors (Lipinski definition) is 4. The van der Waals surface area contributed by atoms with Crippen molar-refractivity contribution in [3.63, 3.8) is 0 Å². The first-order valence-corrected chi connectivity index (χ1v) is 11.5. The number of aromatic amines is 1. The van der Waals surface area contributed by atoms with Gasteiger partial charge < -0.3 is 10.5 Å². The van der Waals surface area contributed by atoms with Crippen LogP contribution in [0, 0.1) is 41.9 Å². The van der Waals surface area contributed by atoms with Crippen molar-refractivity contribution in [3.05, 3.63) is 57.6 Å². The summed E-state index contributed by atoms with van der Waals surface area (Å²) in [5.74, 6) is 6.02. The first-order chi connectivity index (χ1) is 16.1. The van der Waals surface area contributed by atoms with Gasteiger partial charge in [-0.25, -0.2) is 0 Å². The monoisotopic (exact) mass is 468 g/mol. The number of ether oxygens (including phenoxy) is 1. The van der Waals surface area contributed by atoms with E-state index in [4.69, 9.17) is 10.5 Å². The Balaban J connectivity index is 2.00. The number of nitrogens with zero attached hydrogens (tertiary/aromatic N) is 2. The highest BCUT2D eigenvalue weighted by molar-refractivity contribution is 5.63. The Morgan fingerprint density at radius 3 is 2.53 bits per heavy atom. The van der Waals surface area contributed by atoms with E-state index in [2.05, 4.69) is 28.1 Å². The quantitative estimate of drug-likeness (QED) is 0.554. The van der Waals surface area contributed by atoms with Crippen molar-refractivity contribution in [1.29, 1.82) is 5.26 Å². The van der Waals surface area contributed by atoms with Crippen molar-refractivity contribution in [2.75, 3.05) is 0 Å². The maximum atomic E-state index is 14.0. The molecule has 3 N–H and O–H groups in total. The number of allylic oxidation sites excluding steroid dienone is 1. The van der Waals surface area contributed by atoms with E-state index in [1.54, 1.807) is 13.0 Å². The predicted octanol–water partition coefficient (Wildman–Crippen LogP) is 5.70. The summed E-state index contributed by atoms with van der Waals surface area (Å²) in [5.41, 5.74) is 5.73. The van der Waals surface area contributed by atoms with Crippen LogP contribution in [0.15, 0.2) is 29.7 Å². The van der Waals surface area contributed by atoms with Crippen LogP contribution in [0.3, 0.4) is 0 Å². The SMILES string of the molecule is Cc1[nH]nc2c1C(c1cc(C#CC3CCCCC3)cc(C(F)(F)F)c1)(C(C)C)C(C#N)=C(N)O2. The van der Waals surface area contributed by atoms with Crippen molar-refractivity contribution in [2.45, 2.75) is 64.5 Å². The summed E-state index contributed by atoms with van der Waals surface area (Å²) in [6, 6.07) is 5.94. The van der Waals surface area contributed by atoms with Crippen LogP contribution in [0.1, 0.15) is 73.9 Å². The van der Waals surface area contributed by atoms with Gasteiger partial charge in [0.15, 0.2) is 0 Å². The van der Waals surface area contributed by atoms with E-state index in [1.807, 2.05) is 13.8 Å². The average molecular weight is 469 g/mol. The molecule has 2 heterocycles. The second kappa shape index (κ2) is 8.76. The highest BCUT2D eigenvalue weighted by Gasteiger charge is 2.51. The summed E-state index contributed by atoms with van der Waals surface area (Å²) in [7, 11) is 0. The molecule has 0 radical (unpaired) electrons. The number of nitriles is 1. The number of halogens is 3. The molecule has 1 aliphatic carbocycles. The number of H-pyrrole nitrogens is 1. The van der Waals surface area contributed by atoms with Gasteiger partial charge in [0.05, 0.1) is 16.5 Å². The van der Waals surface area contributed by atoms with E-state index in [0.717, 1.165) is 37.8 Å². The summed E-state index contributed by atoms with van der Waals surface area (Å²) in [6.07, 6.45) is 0.672. The van der Waals surface area contributed by atoms with E-state index < -0.39 is 17.2 Å². The molecule has 1 saturated carbocycles. The minimum atomic E-state index is -4.59. The number of nitrogens with two attached hydrogens (primary N) is 1. The second-order valence-corrected chi connectivity index (χ2v) is 9.35. The summed E-state index contributed by atoms with van der Waals surface area (Å²) < 4.78 is 47.6. The van der Waals surface area contributed by atoms with Crippen molar-refractivity contribution in [3.8, 4) is 23.8 Å². The van der Waals surface area contributed by atoms with Crippen LogP contribution in [0.4, 0.5) is 13.2 Å². The zero-order chi connectivity index (χ0) is 24.7. The molecule has 1 aromatic heterocycles. The molecule has 2 aromatic rings. The molecule has 5 nitrogen and oxygen atoms in total. The van der Waals surface area contributed by atoms with Gasteiger partial charge in [-0.3, -0.25) is 5.10 Å². The van der Waals surface area contributed by atoms with E-state index in [9.17, 15) is 18.4 Å². The summed E-state index contributed by atoms with van der Waals surface area (Å²) in [4.78, 5) is 0.